The van der Waals surface area contributed by atoms with Gasteiger partial charge in [0.05, 0.1) is 11.0 Å². The number of imidazole rings is 1. The summed E-state index contributed by atoms with van der Waals surface area (Å²) >= 11 is 11.9. The normalized spacial score (nSPS) is 11.5. The first-order chi connectivity index (χ1) is 15.5. The maximum atomic E-state index is 10.8. The average Bonchev–Trinajstić information content (AvgIpc) is 3.10. The summed E-state index contributed by atoms with van der Waals surface area (Å²) < 4.78 is 2.15. The number of nitrogens with two attached hydrogens (primary N) is 1. The highest BCUT2D eigenvalue weighted by Gasteiger charge is 2.11. The number of nitrogens with one attached hydrogen (secondary N) is 1. The first-order valence-electron chi connectivity index (χ1n) is 10.6. The van der Waals surface area contributed by atoms with E-state index in [1.54, 1.807) is 6.08 Å². The first-order valence-corrected chi connectivity index (χ1v) is 11.7. The molecule has 3 N–H and O–H groups in total. The van der Waals surface area contributed by atoms with Crippen molar-refractivity contribution in [2.45, 2.75) is 13.0 Å². The van der Waals surface area contributed by atoms with Gasteiger partial charge in [0, 0.05) is 63.2 Å². The summed E-state index contributed by atoms with van der Waals surface area (Å²) in [7, 11) is 2.05. The lowest BCUT2D eigenvalue weighted by Crippen LogP contribution is -2.27. The van der Waals surface area contributed by atoms with Crippen LogP contribution in [0.2, 0.25) is 0 Å². The molecule has 1 amide bonds. The summed E-state index contributed by atoms with van der Waals surface area (Å²) in [5.74, 6) is 1.71. The average molecular weight is 474 g/mol. The van der Waals surface area contributed by atoms with E-state index >= 15 is 0 Å². The molecule has 0 atom stereocenters. The van der Waals surface area contributed by atoms with E-state index in [-0.39, 0.29) is 0 Å². The van der Waals surface area contributed by atoms with Gasteiger partial charge in [-0.15, -0.1) is 23.2 Å². The van der Waals surface area contributed by atoms with Gasteiger partial charge in [-0.3, -0.25) is 4.79 Å². The van der Waals surface area contributed by atoms with Crippen molar-refractivity contribution < 1.29 is 4.79 Å². The fourth-order valence-electron chi connectivity index (χ4n) is 3.59. The van der Waals surface area contributed by atoms with Crippen LogP contribution in [0.15, 0.2) is 48.5 Å². The number of halogens is 2. The van der Waals surface area contributed by atoms with Gasteiger partial charge in [0.1, 0.15) is 5.82 Å². The minimum Gasteiger partial charge on any atom is -0.369 e. The number of fused-ring (bicyclic) bond motifs is 1. The molecule has 0 saturated heterocycles. The fraction of sp³-hybridized carbons (Fsp3) is 0.333. The smallest absolute Gasteiger partial charge is 0.241 e. The van der Waals surface area contributed by atoms with Gasteiger partial charge >= 0.3 is 0 Å². The Morgan fingerprint density at radius 3 is 2.53 bits per heavy atom. The zero-order valence-electron chi connectivity index (χ0n) is 18.2. The third-order valence-corrected chi connectivity index (χ3v) is 5.64. The van der Waals surface area contributed by atoms with Gasteiger partial charge in [-0.2, -0.15) is 0 Å². The number of primary amides is 1. The number of aryl methyl sites for hydroxylation is 1. The molecule has 0 radical (unpaired) electrons. The third-order valence-electron chi connectivity index (χ3n) is 5.31. The van der Waals surface area contributed by atoms with Crippen LogP contribution in [0.5, 0.6) is 0 Å². The number of rotatable bonds is 12. The van der Waals surface area contributed by atoms with Crippen molar-refractivity contribution in [1.29, 1.82) is 0 Å². The second kappa shape index (κ2) is 11.9. The highest BCUT2D eigenvalue weighted by Crippen LogP contribution is 2.23. The Balaban J connectivity index is 1.58. The van der Waals surface area contributed by atoms with E-state index in [0.717, 1.165) is 60.7 Å². The molecular formula is C24H29Cl2N5O. The van der Waals surface area contributed by atoms with Crippen LogP contribution in [0.1, 0.15) is 17.0 Å². The Bertz CT molecular complexity index is 1060. The van der Waals surface area contributed by atoms with Crippen LogP contribution in [0.3, 0.4) is 0 Å². The van der Waals surface area contributed by atoms with Gasteiger partial charge in [0.15, 0.2) is 0 Å². The van der Waals surface area contributed by atoms with Crippen molar-refractivity contribution in [3.05, 3.63) is 65.5 Å². The molecule has 0 bridgehead atoms. The SMILES string of the molecule is Cn1c(CCNCc2ccc(C=CC(N)=O)cc2)nc2cc(N(CCCl)CCCl)ccc21. The first kappa shape index (κ1) is 24.1. The number of amides is 1. The molecule has 0 unspecified atom stereocenters. The van der Waals surface area contributed by atoms with E-state index in [0.29, 0.717) is 11.8 Å². The summed E-state index contributed by atoms with van der Waals surface area (Å²) in [6.07, 6.45) is 3.90. The summed E-state index contributed by atoms with van der Waals surface area (Å²) in [5.41, 5.74) is 10.4. The molecule has 0 fully saturated rings. The number of hydrogen-bond acceptors (Lipinski definition) is 4. The monoisotopic (exact) mass is 473 g/mol. The van der Waals surface area contributed by atoms with Gasteiger partial charge in [-0.1, -0.05) is 24.3 Å². The van der Waals surface area contributed by atoms with E-state index < -0.39 is 5.91 Å². The summed E-state index contributed by atoms with van der Waals surface area (Å²) in [6, 6.07) is 14.3. The van der Waals surface area contributed by atoms with Gasteiger partial charge in [-0.05, 0) is 35.4 Å². The van der Waals surface area contributed by atoms with E-state index in [9.17, 15) is 4.79 Å². The molecule has 0 aliphatic heterocycles. The Morgan fingerprint density at radius 2 is 1.88 bits per heavy atom. The number of hydrogen-bond donors (Lipinski definition) is 2. The number of nitrogens with zero attached hydrogens (tertiary/aromatic N) is 3. The molecule has 8 heteroatoms. The van der Waals surface area contributed by atoms with E-state index in [1.807, 2.05) is 24.3 Å². The van der Waals surface area contributed by atoms with Crippen LogP contribution in [0.4, 0.5) is 5.69 Å². The van der Waals surface area contributed by atoms with Crippen molar-refractivity contribution in [1.82, 2.24) is 14.9 Å². The molecule has 6 nitrogen and oxygen atoms in total. The van der Waals surface area contributed by atoms with Gasteiger partial charge in [0.25, 0.3) is 0 Å². The van der Waals surface area contributed by atoms with Crippen LogP contribution >= 0.6 is 23.2 Å². The topological polar surface area (TPSA) is 76.2 Å². The van der Waals surface area contributed by atoms with Crippen LogP contribution in [-0.2, 0) is 24.8 Å². The Morgan fingerprint density at radius 1 is 1.16 bits per heavy atom. The minimum absolute atomic E-state index is 0.447. The second-order valence-electron chi connectivity index (χ2n) is 7.53. The fourth-order valence-corrected chi connectivity index (χ4v) is 4.00. The number of anilines is 1. The predicted molar refractivity (Wildman–Crippen MR) is 134 cm³/mol. The number of benzene rings is 2. The lowest BCUT2D eigenvalue weighted by Gasteiger charge is -2.22. The molecule has 32 heavy (non-hydrogen) atoms. The highest BCUT2D eigenvalue weighted by molar-refractivity contribution is 6.18. The largest absolute Gasteiger partial charge is 0.369 e. The lowest BCUT2D eigenvalue weighted by molar-refractivity contribution is -0.113. The molecule has 0 aliphatic carbocycles. The quantitative estimate of drug-likeness (QED) is 0.239. The number of carbonyl (C=O) groups is 1. The van der Waals surface area contributed by atoms with Gasteiger partial charge < -0.3 is 20.5 Å². The molecule has 2 aromatic carbocycles. The van der Waals surface area contributed by atoms with E-state index in [1.165, 1.54) is 11.6 Å². The molecule has 1 heterocycles. The van der Waals surface area contributed by atoms with Crippen molar-refractivity contribution >= 4 is 51.9 Å². The van der Waals surface area contributed by atoms with Gasteiger partial charge in [-0.25, -0.2) is 4.98 Å². The predicted octanol–water partition coefficient (Wildman–Crippen LogP) is 3.69. The highest BCUT2D eigenvalue weighted by atomic mass is 35.5. The number of alkyl halides is 2. The van der Waals surface area contributed by atoms with Crippen molar-refractivity contribution in [3.8, 4) is 0 Å². The van der Waals surface area contributed by atoms with Crippen molar-refractivity contribution in [2.75, 3.05) is 36.3 Å². The molecule has 0 spiro atoms. The standard InChI is InChI=1S/C24H29Cl2N5O/c1-30-22-8-7-20(31(14-11-25)15-12-26)16-21(22)29-24(30)10-13-28-17-19-4-2-18(3-5-19)6-9-23(27)32/h2-9,16,28H,10-15,17H2,1H3,(H2,27,32). The zero-order valence-corrected chi connectivity index (χ0v) is 19.7. The number of carbonyl (C=O) groups excluding carboxylic acids is 1. The van der Waals surface area contributed by atoms with Crippen molar-refractivity contribution in [3.63, 3.8) is 0 Å². The molecule has 3 rings (SSSR count). The summed E-state index contributed by atoms with van der Waals surface area (Å²) in [6.45, 7) is 3.09. The maximum absolute atomic E-state index is 10.8. The minimum atomic E-state index is -0.447. The van der Waals surface area contributed by atoms with Gasteiger partial charge in [0.2, 0.25) is 5.91 Å². The van der Waals surface area contributed by atoms with E-state index in [2.05, 4.69) is 40.0 Å². The Kier molecular flexibility index (Phi) is 8.97. The van der Waals surface area contributed by atoms with Crippen LogP contribution < -0.4 is 16.0 Å². The van der Waals surface area contributed by atoms with Crippen molar-refractivity contribution in [2.24, 2.45) is 12.8 Å². The van der Waals surface area contributed by atoms with Crippen LogP contribution in [-0.4, -0.2) is 46.9 Å². The molecule has 0 saturated carbocycles. The van der Waals surface area contributed by atoms with Crippen LogP contribution in [0, 0.1) is 0 Å². The van der Waals surface area contributed by atoms with E-state index in [4.69, 9.17) is 33.9 Å². The number of aromatic nitrogens is 2. The molecule has 0 aliphatic rings. The van der Waals surface area contributed by atoms with Crippen LogP contribution in [0.25, 0.3) is 17.1 Å². The second-order valence-corrected chi connectivity index (χ2v) is 8.29. The molecule has 170 valence electrons. The molecule has 3 aromatic rings. The summed E-state index contributed by atoms with van der Waals surface area (Å²) in [5, 5.41) is 3.47. The third kappa shape index (κ3) is 6.48. The lowest BCUT2D eigenvalue weighted by atomic mass is 10.1. The maximum Gasteiger partial charge on any atom is 0.241 e. The Labute approximate surface area is 199 Å². The Hall–Kier alpha value is -2.54. The summed E-state index contributed by atoms with van der Waals surface area (Å²) in [4.78, 5) is 17.9. The molecule has 1 aromatic heterocycles. The zero-order chi connectivity index (χ0) is 22.9. The molecular weight excluding hydrogens is 445 g/mol.